The van der Waals surface area contributed by atoms with Crippen LogP contribution in [0, 0.1) is 11.8 Å². The zero-order chi connectivity index (χ0) is 74.0. The monoisotopic (exact) mass is 1560 g/mol. The third kappa shape index (κ3) is 22.0. The highest BCUT2D eigenvalue weighted by molar-refractivity contribution is 7.84. The lowest BCUT2D eigenvalue weighted by molar-refractivity contribution is -0.370. The van der Waals surface area contributed by atoms with Crippen LogP contribution in [0.1, 0.15) is 20.8 Å². The summed E-state index contributed by atoms with van der Waals surface area (Å²) in [5, 5.41) is 100. The zero-order valence-corrected chi connectivity index (χ0v) is 54.9. The van der Waals surface area contributed by atoms with Crippen LogP contribution in [0.4, 0.5) is 0 Å². The third-order valence-electron chi connectivity index (χ3n) is 14.9. The lowest BCUT2D eigenvalue weighted by Crippen LogP contribution is -2.69. The number of methoxy groups -OCH3 is 1. The Morgan fingerprint density at radius 2 is 0.908 bits per heavy atom. The average molecular weight is 1560 g/mol. The van der Waals surface area contributed by atoms with Crippen LogP contribution in [-0.4, -0.2) is 337 Å². The van der Waals surface area contributed by atoms with Crippen LogP contribution in [0.3, 0.4) is 0 Å². The minimum Gasteiger partial charge on any atom is -0.479 e. The Morgan fingerprint density at radius 1 is 0.469 bits per heavy atom. The minimum atomic E-state index is -5.87. The molecule has 6 rings (SSSR count). The van der Waals surface area contributed by atoms with Gasteiger partial charge in [-0.1, -0.05) is 13.8 Å². The van der Waals surface area contributed by atoms with Gasteiger partial charge in [-0.25, -0.2) is 31.1 Å². The van der Waals surface area contributed by atoms with Gasteiger partial charge < -0.3 is 108 Å². The first-order chi connectivity index (χ1) is 44.9. The molecule has 98 heavy (non-hydrogen) atoms. The van der Waals surface area contributed by atoms with E-state index in [0.29, 0.717) is 13.2 Å². The van der Waals surface area contributed by atoms with Gasteiger partial charge in [-0.3, -0.25) is 31.7 Å². The molecule has 17 N–H and O–H groups in total. The van der Waals surface area contributed by atoms with Crippen molar-refractivity contribution in [2.24, 2.45) is 11.8 Å². The first-order valence-corrected chi connectivity index (χ1v) is 35.6. The van der Waals surface area contributed by atoms with Crippen molar-refractivity contribution >= 4 is 86.0 Å². The van der Waals surface area contributed by atoms with Crippen LogP contribution in [0.15, 0.2) is 11.8 Å². The van der Waals surface area contributed by atoms with E-state index in [9.17, 15) is 138 Å². The fourth-order valence-corrected chi connectivity index (χ4v) is 13.4. The number of ether oxygens (including phenoxy) is 12. The molecule has 0 radical (unpaired) electrons. The van der Waals surface area contributed by atoms with Crippen LogP contribution < -0.4 is 14.8 Å². The van der Waals surface area contributed by atoms with E-state index < -0.39 is 283 Å². The number of aliphatic carboxylic acids is 3. The predicted octanol–water partition coefficient (Wildman–Crippen LogP) is -11.1. The second kappa shape index (κ2) is 32.7. The van der Waals surface area contributed by atoms with Crippen LogP contribution in [-0.2, 0) is 159 Å². The molecule has 6 aliphatic rings. The molecule has 0 aromatic heterocycles. The van der Waals surface area contributed by atoms with E-state index >= 15 is 0 Å². The van der Waals surface area contributed by atoms with Crippen molar-refractivity contribution in [1.29, 1.82) is 0 Å². The van der Waals surface area contributed by atoms with Crippen LogP contribution in [0.25, 0.3) is 0 Å². The second-order valence-electron chi connectivity index (χ2n) is 21.6. The fourth-order valence-electron chi connectivity index (χ4n) is 10.6. The fraction of sp³-hybridized carbons (Fsp3) is 0.857. The molecule has 6 aliphatic heterocycles. The molecule has 6 heterocycles. The molecule has 0 aromatic carbocycles. The van der Waals surface area contributed by atoms with Crippen LogP contribution in [0.2, 0.25) is 0 Å². The third-order valence-corrected chi connectivity index (χ3v) is 18.3. The summed E-state index contributed by atoms with van der Waals surface area (Å²) in [7, 11) is -31.5. The summed E-state index contributed by atoms with van der Waals surface area (Å²) in [5.74, 6) is -12.4. The Labute approximate surface area is 552 Å². The van der Waals surface area contributed by atoms with Crippen molar-refractivity contribution in [2.75, 3.05) is 34.0 Å². The van der Waals surface area contributed by atoms with Crippen molar-refractivity contribution in [3.8, 4) is 0 Å². The standard InChI is InChI=1S/C42H67N3O47S6/c1-10-18(44-93(59,60)61)38(86-27-11(2)28(92-98(73,74)75)42(91-32(27)35(55)56)88-30-16(8-79-96(67,68)69)82-37(76-4)20(23(30)50)45-94(62,63)77-5)83-15(7-78-95(64,65)66)26(10)85-41-25(52)24(51)31(33(90-41)36(57)58)89-39-19(43-12(3)46)22(49)29(17(84-39)9-80-97(70,71)72)87-40-21(48)13(47)6-14(81-40)34(53)54/h6,10-11,13,15-33,37-42,44-45,47-52H,7-9H2,1-5H3,(H,43,46)(H,53,54)(H,55,56)(H,57,58)(H,59,60,61)(H,64,65,66)(H,67,68,69)(H,70,71,72)(H,73,74,75)/t10?,11?,13?,15?,16?,17?,18-,19-,20-,21-,22?,23?,24?,25-,26+,27+,28-,29-,30-,31+,32-,33?,37+,38-,39-,40?,41-,42-/m1/s1. The summed E-state index contributed by atoms with van der Waals surface area (Å²) < 4.78 is 288. The lowest BCUT2D eigenvalue weighted by atomic mass is 9.87. The molecule has 28 atom stereocenters. The lowest BCUT2D eigenvalue weighted by Gasteiger charge is -2.51. The SMILES string of the molecule is CO[C@H]1OC(COS(=O)(=O)O)[C@@H](O[C@@H]2O[C@@H](C(=O)O)[C@@H](O[C@H]3OC(COS(=O)(=O)O)[C@@H](O[C@@H]4OC(C(=O)O)[C@@H](O[C@H]5OC(COS(=O)(=O)O)[C@@H](OC6OC(C(=O)O)=CC(O)[C@H]6O)C(O)[C@H]5NC(C)=O)C(O)[C@H]4O)C(C)[C@H]3NS(=O)(=O)O)C(C)[C@H]2OS(=O)(=O)O)C(O)[C@H]1NS(=O)(=O)OC. The van der Waals surface area contributed by atoms with Gasteiger partial charge in [-0.2, -0.15) is 60.0 Å². The van der Waals surface area contributed by atoms with Gasteiger partial charge in [0.1, 0.15) is 97.5 Å². The second-order valence-corrected chi connectivity index (χ2v) is 28.6. The first kappa shape index (κ1) is 82.9. The molecular weight excluding hydrogens is 1490 g/mol. The van der Waals surface area contributed by atoms with E-state index in [1.807, 2.05) is 0 Å². The van der Waals surface area contributed by atoms with E-state index in [1.54, 1.807) is 9.44 Å². The van der Waals surface area contributed by atoms with Gasteiger partial charge in [-0.15, -0.1) is 0 Å². The number of aliphatic hydroxyl groups excluding tert-OH is 6. The molecule has 56 heteroatoms. The van der Waals surface area contributed by atoms with E-state index in [4.69, 9.17) is 61.0 Å². The van der Waals surface area contributed by atoms with Gasteiger partial charge in [0.15, 0.2) is 43.7 Å². The Hall–Kier alpha value is -4.04. The van der Waals surface area contributed by atoms with Crippen LogP contribution >= 0.6 is 0 Å². The number of carboxylic acids is 3. The summed E-state index contributed by atoms with van der Waals surface area (Å²) in [4.78, 5) is 50.6. The average Bonchev–Trinajstić information content (AvgIpc) is 0.767. The number of carboxylic acid groups (broad SMARTS) is 3. The summed E-state index contributed by atoms with van der Waals surface area (Å²) in [5.41, 5.74) is 0. The maximum Gasteiger partial charge on any atom is 0.397 e. The first-order valence-electron chi connectivity index (χ1n) is 27.3. The van der Waals surface area contributed by atoms with Crippen molar-refractivity contribution < 1.29 is 216 Å². The molecule has 0 aliphatic carbocycles. The van der Waals surface area contributed by atoms with E-state index in [2.05, 4.69) is 22.0 Å². The molecule has 5 fully saturated rings. The quantitative estimate of drug-likeness (QED) is 0.0287. The Kier molecular flexibility index (Phi) is 27.7. The van der Waals surface area contributed by atoms with Gasteiger partial charge in [0, 0.05) is 25.9 Å². The topological polar surface area (TPSA) is 749 Å². The summed E-state index contributed by atoms with van der Waals surface area (Å²) >= 11 is 0. The van der Waals surface area contributed by atoms with Crippen molar-refractivity contribution in [3.63, 3.8) is 0 Å². The molecule has 0 saturated carbocycles. The zero-order valence-electron chi connectivity index (χ0n) is 50.0. The molecule has 5 saturated heterocycles. The highest BCUT2D eigenvalue weighted by Gasteiger charge is 2.60. The Balaban J connectivity index is 1.33. The number of hydrogen-bond acceptors (Lipinski definition) is 39. The Morgan fingerprint density at radius 3 is 1.37 bits per heavy atom. The number of aliphatic hydroxyl groups is 6. The number of carbonyl (C=O) groups is 4. The largest absolute Gasteiger partial charge is 0.479 e. The molecule has 11 unspecified atom stereocenters. The van der Waals surface area contributed by atoms with E-state index in [0.717, 1.165) is 27.9 Å². The Bertz CT molecular complexity index is 3550. The van der Waals surface area contributed by atoms with E-state index in [1.165, 1.54) is 0 Å². The predicted molar refractivity (Wildman–Crippen MR) is 293 cm³/mol. The maximum absolute atomic E-state index is 13.2. The molecule has 0 spiro atoms. The molecule has 50 nitrogen and oxygen atoms in total. The minimum absolute atomic E-state index is 0.517. The van der Waals surface area contributed by atoms with E-state index in [-0.39, 0.29) is 0 Å². The maximum atomic E-state index is 13.2. The summed E-state index contributed by atoms with van der Waals surface area (Å²) in [6.07, 6.45) is -55.4. The van der Waals surface area contributed by atoms with Gasteiger partial charge in [0.25, 0.3) is 0 Å². The van der Waals surface area contributed by atoms with Gasteiger partial charge in [-0.05, 0) is 6.08 Å². The van der Waals surface area contributed by atoms with Crippen molar-refractivity contribution in [2.45, 2.75) is 180 Å². The molecule has 1 amide bonds. The van der Waals surface area contributed by atoms with Gasteiger partial charge >= 0.3 is 80.1 Å². The highest BCUT2D eigenvalue weighted by Crippen LogP contribution is 2.41. The normalized spacial score (nSPS) is 39.4. The summed E-state index contributed by atoms with van der Waals surface area (Å²) in [6, 6.07) is -6.60. The number of hydrogen-bond donors (Lipinski definition) is 17. The van der Waals surface area contributed by atoms with Crippen molar-refractivity contribution in [1.82, 2.24) is 14.8 Å². The summed E-state index contributed by atoms with van der Waals surface area (Å²) in [6.45, 7) is -1.91. The number of nitrogens with one attached hydrogen (secondary N) is 3. The smallest absolute Gasteiger partial charge is 0.397 e. The molecule has 0 aromatic rings. The van der Waals surface area contributed by atoms with Crippen LogP contribution in [0.5, 0.6) is 0 Å². The van der Waals surface area contributed by atoms with Gasteiger partial charge in [0.2, 0.25) is 18.0 Å². The van der Waals surface area contributed by atoms with Crippen molar-refractivity contribution in [3.05, 3.63) is 11.8 Å². The highest BCUT2D eigenvalue weighted by atomic mass is 32.3. The molecule has 0 bridgehead atoms. The number of rotatable bonds is 31. The molecule has 568 valence electrons. The van der Waals surface area contributed by atoms with Gasteiger partial charge in [0.05, 0.1) is 39.1 Å². The number of carbonyl (C=O) groups excluding carboxylic acids is 1. The molecular formula is C42H67N3O47S6. The number of amides is 1.